The molecule has 0 aromatic carbocycles. The van der Waals surface area contributed by atoms with Crippen LogP contribution < -0.4 is 69.2 Å². The zero-order chi connectivity index (χ0) is 7.71. The van der Waals surface area contributed by atoms with Crippen LogP contribution in [-0.2, 0) is 13.4 Å². The summed E-state index contributed by atoms with van der Waals surface area (Å²) in [5.41, 5.74) is 0. The molecule has 0 aromatic heterocycles. The van der Waals surface area contributed by atoms with Gasteiger partial charge in [-0.15, -0.1) is 0 Å². The maximum Gasteiger partial charge on any atom is 2.00 e. The van der Waals surface area contributed by atoms with Crippen LogP contribution in [0.3, 0.4) is 0 Å². The van der Waals surface area contributed by atoms with Gasteiger partial charge in [-0.2, -0.15) is 0 Å². The Hall–Kier alpha value is 4.48. The molecule has 0 aliphatic heterocycles. The van der Waals surface area contributed by atoms with Crippen LogP contribution in [0.2, 0.25) is 0 Å². The minimum Gasteiger partial charge on any atom is -1.00 e. The first kappa shape index (κ1) is 57.8. The fraction of sp³-hybridized carbons (Fsp3) is 0. The van der Waals surface area contributed by atoms with Crippen LogP contribution >= 0.6 is 15.6 Å². The predicted octanol–water partition coefficient (Wildman–Crippen LogP) is -16.8. The van der Waals surface area contributed by atoms with E-state index in [-0.39, 0.29) is 142 Å². The van der Waals surface area contributed by atoms with E-state index in [9.17, 15) is 28.7 Å². The number of phosphoric acid groups is 2. The van der Waals surface area contributed by atoms with E-state index >= 15 is 0 Å². The van der Waals surface area contributed by atoms with Crippen LogP contribution in [0.25, 0.3) is 0 Å². The summed E-state index contributed by atoms with van der Waals surface area (Å²) < 4.78 is 21.2. The Morgan fingerprint density at radius 1 is 0.588 bits per heavy atom. The zero-order valence-corrected chi connectivity index (χ0v) is 18.6. The molecule has 0 radical (unpaired) electrons. The maximum atomic E-state index is 9.32. The molecule has 17 heavy (non-hydrogen) atoms. The van der Waals surface area contributed by atoms with Crippen LogP contribution in [0.5, 0.6) is 0 Å². The predicted molar refractivity (Wildman–Crippen MR) is 39.3 cm³/mol. The molecule has 0 aromatic rings. The molecule has 7 nitrogen and oxygen atoms in total. The van der Waals surface area contributed by atoms with Crippen LogP contribution in [0.4, 0.5) is 0 Å². The molecule has 0 heterocycles. The van der Waals surface area contributed by atoms with Gasteiger partial charge in [0.25, 0.3) is 0 Å². The van der Waals surface area contributed by atoms with Crippen molar-refractivity contribution in [1.29, 1.82) is 0 Å². The van der Waals surface area contributed by atoms with Crippen molar-refractivity contribution >= 4 is 108 Å². The van der Waals surface area contributed by atoms with Crippen LogP contribution in [0, 0.1) is 0 Å². The van der Waals surface area contributed by atoms with Crippen molar-refractivity contribution in [3.05, 3.63) is 0 Å². The van der Waals surface area contributed by atoms with Crippen LogP contribution in [0.1, 0.15) is 0 Å². The molecule has 0 unspecified atom stereocenters. The van der Waals surface area contributed by atoms with E-state index in [2.05, 4.69) is 4.31 Å². The molecule has 88 valence electrons. The fourth-order valence-electron chi connectivity index (χ4n) is 0.122. The summed E-state index contributed by atoms with van der Waals surface area (Å²) >= 11 is 0. The third-order valence-electron chi connectivity index (χ3n) is 0.200. The van der Waals surface area contributed by atoms with Crippen LogP contribution in [0.15, 0.2) is 0 Å². The minimum atomic E-state index is -5.68. The molecule has 0 fully saturated rings. The van der Waals surface area contributed by atoms with Gasteiger partial charge < -0.3 is 82.6 Å². The topological polar surface area (TPSA) is 136 Å². The number of hydrogen-bond donors (Lipinski definition) is 0. The summed E-state index contributed by atoms with van der Waals surface area (Å²) in [6.45, 7) is 0. The smallest absolute Gasteiger partial charge is 1.00 e. The van der Waals surface area contributed by atoms with Gasteiger partial charge in [-0.1, -0.05) is 0 Å². The van der Waals surface area contributed by atoms with Gasteiger partial charge in [-0.3, -0.25) is 0 Å². The first-order chi connectivity index (χ1) is 3.71. The Labute approximate surface area is 187 Å². The maximum absolute atomic E-state index is 9.32. The monoisotopic (exact) mass is 410 g/mol. The second-order valence-corrected chi connectivity index (χ2v) is 3.42. The third-order valence-corrected chi connectivity index (χ3v) is 1.80. The van der Waals surface area contributed by atoms with E-state index in [1.807, 2.05) is 0 Å². The number of rotatable bonds is 2. The first-order valence-electron chi connectivity index (χ1n) is 1.46. The van der Waals surface area contributed by atoms with Gasteiger partial charge >= 0.3 is 92.2 Å². The SMILES string of the molecule is O=P([O-])([O-])OP(=O)([O-])[O-].[Cl-].[Cl-].[Cl-].[Cl-].[Mg+2].[Mg+2].[Mg+2].[Mg+2]. The fourth-order valence-corrected chi connectivity index (χ4v) is 1.10. The Morgan fingerprint density at radius 2 is 0.706 bits per heavy atom. The molecular weight excluding hydrogens is 413 g/mol. The molecule has 0 saturated heterocycles. The quantitative estimate of drug-likeness (QED) is 0.324. The number of hydrogen-bond acceptors (Lipinski definition) is 7. The molecule has 0 bridgehead atoms. The summed E-state index contributed by atoms with van der Waals surface area (Å²) in [6, 6.07) is 0. The van der Waals surface area contributed by atoms with E-state index in [1.54, 1.807) is 0 Å². The van der Waals surface area contributed by atoms with E-state index < -0.39 is 15.6 Å². The molecule has 0 aliphatic rings. The largest absolute Gasteiger partial charge is 2.00 e. The second-order valence-electron chi connectivity index (χ2n) is 0.976. The Bertz CT molecular complexity index is 172. The average molecular weight is 413 g/mol. The van der Waals surface area contributed by atoms with Gasteiger partial charge in [-0.25, -0.2) is 0 Å². The molecule has 0 aliphatic carbocycles. The molecule has 0 saturated carbocycles. The number of halogens is 4. The summed E-state index contributed by atoms with van der Waals surface area (Å²) in [5.74, 6) is 0. The van der Waals surface area contributed by atoms with Gasteiger partial charge in [0.05, 0.1) is 15.6 Å². The molecule has 0 N–H and O–H groups in total. The van der Waals surface area contributed by atoms with Gasteiger partial charge in [0.2, 0.25) is 0 Å². The first-order valence-corrected chi connectivity index (χ1v) is 4.38. The Kier molecular flexibility index (Phi) is 86.6. The van der Waals surface area contributed by atoms with Gasteiger partial charge in [0.1, 0.15) is 0 Å². The molecule has 17 heteroatoms. The normalized spacial score (nSPS) is 7.29. The third kappa shape index (κ3) is 63.7. The van der Waals surface area contributed by atoms with E-state index in [4.69, 9.17) is 0 Å². The second kappa shape index (κ2) is 25.4. The van der Waals surface area contributed by atoms with Gasteiger partial charge in [0.15, 0.2) is 0 Å². The summed E-state index contributed by atoms with van der Waals surface area (Å²) in [7, 11) is -11.4. The summed E-state index contributed by atoms with van der Waals surface area (Å²) in [6.07, 6.45) is 0. The van der Waals surface area contributed by atoms with Crippen molar-refractivity contribution in [2.75, 3.05) is 0 Å². The summed E-state index contributed by atoms with van der Waals surface area (Å²) in [4.78, 5) is 37.3. The molecular formula is Cl4Mg4O7P2. The molecule has 0 atom stereocenters. The van der Waals surface area contributed by atoms with Gasteiger partial charge in [-0.05, 0) is 0 Å². The Balaban J connectivity index is -0.0000000114. The van der Waals surface area contributed by atoms with Crippen molar-refractivity contribution in [2.45, 2.75) is 0 Å². The van der Waals surface area contributed by atoms with Crippen molar-refractivity contribution in [1.82, 2.24) is 0 Å². The van der Waals surface area contributed by atoms with Crippen molar-refractivity contribution in [2.24, 2.45) is 0 Å². The van der Waals surface area contributed by atoms with E-state index in [0.717, 1.165) is 0 Å². The molecule has 0 rings (SSSR count). The standard InChI is InChI=1S/4ClH.4Mg.H4O7P2/c;;;;;;;;1-8(2,3)7-9(4,5)6/h4*1H;;;;;(H2,1,2,3)(H2,4,5,6)/q;;;;4*+2;/p-8. The Morgan fingerprint density at radius 3 is 0.706 bits per heavy atom. The van der Waals surface area contributed by atoms with E-state index in [0.29, 0.717) is 0 Å². The minimum absolute atomic E-state index is 0. The van der Waals surface area contributed by atoms with Crippen molar-refractivity contribution < 1.29 is 82.6 Å². The molecule has 0 spiro atoms. The molecule has 0 amide bonds. The van der Waals surface area contributed by atoms with E-state index in [1.165, 1.54) is 0 Å². The van der Waals surface area contributed by atoms with Gasteiger partial charge in [0, 0.05) is 0 Å². The summed E-state index contributed by atoms with van der Waals surface area (Å²) in [5, 5.41) is 0. The van der Waals surface area contributed by atoms with Crippen molar-refractivity contribution in [3.8, 4) is 0 Å². The van der Waals surface area contributed by atoms with Crippen molar-refractivity contribution in [3.63, 3.8) is 0 Å². The van der Waals surface area contributed by atoms with Crippen LogP contribution in [-0.4, -0.2) is 92.2 Å². The average Bonchev–Trinajstić information content (AvgIpc) is 1.14. The zero-order valence-electron chi connectivity index (χ0n) is 8.09.